The molecule has 0 bridgehead atoms. The van der Waals surface area contributed by atoms with Crippen LogP contribution in [0.25, 0.3) is 0 Å². The summed E-state index contributed by atoms with van der Waals surface area (Å²) in [5.41, 5.74) is 2.67. The SMILES string of the molecule is Cc1ccc2c(c1)CC(CNc1ccc(F)cc1F)O2. The van der Waals surface area contributed by atoms with Gasteiger partial charge in [0.15, 0.2) is 0 Å². The molecule has 2 aromatic rings. The molecule has 0 aliphatic carbocycles. The third-order valence-electron chi connectivity index (χ3n) is 3.41. The van der Waals surface area contributed by atoms with Crippen molar-refractivity contribution in [3.05, 3.63) is 59.2 Å². The first-order chi connectivity index (χ1) is 9.61. The van der Waals surface area contributed by atoms with Gasteiger partial charge in [0.05, 0.1) is 12.2 Å². The lowest BCUT2D eigenvalue weighted by Gasteiger charge is -2.13. The van der Waals surface area contributed by atoms with Crippen LogP contribution in [0.5, 0.6) is 5.75 Å². The lowest BCUT2D eigenvalue weighted by atomic mass is 10.1. The molecule has 4 heteroatoms. The van der Waals surface area contributed by atoms with Gasteiger partial charge in [-0.05, 0) is 30.7 Å². The predicted molar refractivity (Wildman–Crippen MR) is 74.1 cm³/mol. The van der Waals surface area contributed by atoms with Crippen LogP contribution in [-0.2, 0) is 6.42 Å². The molecule has 1 atom stereocenters. The topological polar surface area (TPSA) is 21.3 Å². The maximum Gasteiger partial charge on any atom is 0.149 e. The van der Waals surface area contributed by atoms with Crippen LogP contribution in [0.3, 0.4) is 0 Å². The maximum absolute atomic E-state index is 13.5. The van der Waals surface area contributed by atoms with E-state index >= 15 is 0 Å². The molecule has 0 saturated heterocycles. The Hall–Kier alpha value is -2.10. The van der Waals surface area contributed by atoms with Crippen molar-refractivity contribution in [1.82, 2.24) is 0 Å². The number of nitrogens with one attached hydrogen (secondary N) is 1. The second-order valence-corrected chi connectivity index (χ2v) is 5.06. The summed E-state index contributed by atoms with van der Waals surface area (Å²) < 4.78 is 32.1. The van der Waals surface area contributed by atoms with Gasteiger partial charge in [0.25, 0.3) is 0 Å². The Morgan fingerprint density at radius 2 is 2.05 bits per heavy atom. The van der Waals surface area contributed by atoms with E-state index in [1.54, 1.807) is 0 Å². The Kier molecular flexibility index (Phi) is 3.30. The van der Waals surface area contributed by atoms with Crippen LogP contribution in [0.15, 0.2) is 36.4 Å². The highest BCUT2D eigenvalue weighted by atomic mass is 19.1. The molecule has 1 aliphatic heterocycles. The van der Waals surface area contributed by atoms with E-state index in [0.29, 0.717) is 12.2 Å². The quantitative estimate of drug-likeness (QED) is 0.922. The van der Waals surface area contributed by atoms with Crippen molar-refractivity contribution >= 4 is 5.69 Å². The molecule has 0 fully saturated rings. The molecule has 0 spiro atoms. The Morgan fingerprint density at radius 3 is 2.85 bits per heavy atom. The van der Waals surface area contributed by atoms with Crippen molar-refractivity contribution in [3.63, 3.8) is 0 Å². The number of rotatable bonds is 3. The fourth-order valence-electron chi connectivity index (χ4n) is 2.42. The summed E-state index contributed by atoms with van der Waals surface area (Å²) in [5, 5.41) is 2.96. The molecule has 104 valence electrons. The molecule has 1 unspecified atom stereocenters. The summed E-state index contributed by atoms with van der Waals surface area (Å²) in [6.45, 7) is 2.52. The summed E-state index contributed by atoms with van der Waals surface area (Å²) in [7, 11) is 0. The number of halogens is 2. The predicted octanol–water partition coefficient (Wildman–Crippen LogP) is 3.69. The van der Waals surface area contributed by atoms with Crippen molar-refractivity contribution in [2.45, 2.75) is 19.4 Å². The van der Waals surface area contributed by atoms with Gasteiger partial charge in [0, 0.05) is 12.5 Å². The van der Waals surface area contributed by atoms with Gasteiger partial charge in [-0.3, -0.25) is 0 Å². The Labute approximate surface area is 116 Å². The zero-order valence-electron chi connectivity index (χ0n) is 11.1. The molecule has 3 rings (SSSR count). The summed E-state index contributed by atoms with van der Waals surface area (Å²) >= 11 is 0. The second kappa shape index (κ2) is 5.12. The molecule has 2 nitrogen and oxygen atoms in total. The first-order valence-electron chi connectivity index (χ1n) is 6.57. The molecular weight excluding hydrogens is 260 g/mol. The van der Waals surface area contributed by atoms with Crippen LogP contribution in [0, 0.1) is 18.6 Å². The van der Waals surface area contributed by atoms with Crippen LogP contribution in [0.2, 0.25) is 0 Å². The average molecular weight is 275 g/mol. The summed E-state index contributed by atoms with van der Waals surface area (Å²) in [4.78, 5) is 0. The largest absolute Gasteiger partial charge is 0.488 e. The highest BCUT2D eigenvalue weighted by Crippen LogP contribution is 2.29. The summed E-state index contributed by atoms with van der Waals surface area (Å²) in [6, 6.07) is 9.58. The van der Waals surface area contributed by atoms with E-state index < -0.39 is 11.6 Å². The van der Waals surface area contributed by atoms with Crippen LogP contribution in [0.1, 0.15) is 11.1 Å². The normalized spacial score (nSPS) is 16.6. The molecule has 0 radical (unpaired) electrons. The maximum atomic E-state index is 13.5. The Balaban J connectivity index is 1.63. The first kappa shape index (κ1) is 12.9. The molecule has 1 heterocycles. The molecule has 20 heavy (non-hydrogen) atoms. The highest BCUT2D eigenvalue weighted by molar-refractivity contribution is 5.46. The number of fused-ring (bicyclic) bond motifs is 1. The monoisotopic (exact) mass is 275 g/mol. The molecule has 0 saturated carbocycles. The number of hydrogen-bond donors (Lipinski definition) is 1. The van der Waals surface area contributed by atoms with Gasteiger partial charge in [-0.15, -0.1) is 0 Å². The van der Waals surface area contributed by atoms with E-state index in [2.05, 4.69) is 11.4 Å². The van der Waals surface area contributed by atoms with Crippen LogP contribution >= 0.6 is 0 Å². The van der Waals surface area contributed by atoms with Crippen molar-refractivity contribution in [2.24, 2.45) is 0 Å². The summed E-state index contributed by atoms with van der Waals surface area (Å²) in [5.74, 6) is -0.272. The summed E-state index contributed by atoms with van der Waals surface area (Å²) in [6.07, 6.45) is 0.767. The van der Waals surface area contributed by atoms with Crippen molar-refractivity contribution < 1.29 is 13.5 Å². The van der Waals surface area contributed by atoms with E-state index in [1.807, 2.05) is 19.1 Å². The van der Waals surface area contributed by atoms with Gasteiger partial charge in [0.1, 0.15) is 23.5 Å². The van der Waals surface area contributed by atoms with E-state index in [0.717, 1.165) is 18.2 Å². The lowest BCUT2D eigenvalue weighted by Crippen LogP contribution is -2.24. The Bertz CT molecular complexity index is 642. The lowest BCUT2D eigenvalue weighted by molar-refractivity contribution is 0.246. The van der Waals surface area contributed by atoms with Crippen molar-refractivity contribution in [2.75, 3.05) is 11.9 Å². The molecule has 0 amide bonds. The fraction of sp³-hybridized carbons (Fsp3) is 0.250. The average Bonchev–Trinajstić information content (AvgIpc) is 2.79. The highest BCUT2D eigenvalue weighted by Gasteiger charge is 2.22. The standard InChI is InChI=1S/C16H15F2NO/c1-10-2-5-16-11(6-10)7-13(20-16)9-19-15-4-3-12(17)8-14(15)18/h2-6,8,13,19H,7,9H2,1H3. The van der Waals surface area contributed by atoms with Crippen molar-refractivity contribution in [1.29, 1.82) is 0 Å². The molecule has 1 N–H and O–H groups in total. The van der Waals surface area contributed by atoms with Crippen molar-refractivity contribution in [3.8, 4) is 5.75 Å². The zero-order chi connectivity index (χ0) is 14.1. The van der Waals surface area contributed by atoms with Gasteiger partial charge < -0.3 is 10.1 Å². The number of anilines is 1. The number of aryl methyl sites for hydroxylation is 1. The molecule has 0 aromatic heterocycles. The van der Waals surface area contributed by atoms with Crippen LogP contribution in [0.4, 0.5) is 14.5 Å². The number of ether oxygens (including phenoxy) is 1. The van der Waals surface area contributed by atoms with E-state index in [4.69, 9.17) is 4.74 Å². The van der Waals surface area contributed by atoms with E-state index in [9.17, 15) is 8.78 Å². The van der Waals surface area contributed by atoms with E-state index in [1.165, 1.54) is 23.3 Å². The molecular formula is C16H15F2NO. The third kappa shape index (κ3) is 2.59. The second-order valence-electron chi connectivity index (χ2n) is 5.06. The Morgan fingerprint density at radius 1 is 1.20 bits per heavy atom. The van der Waals surface area contributed by atoms with Gasteiger partial charge in [-0.2, -0.15) is 0 Å². The zero-order valence-corrected chi connectivity index (χ0v) is 11.1. The van der Waals surface area contributed by atoms with Crippen LogP contribution in [-0.4, -0.2) is 12.6 Å². The number of hydrogen-bond acceptors (Lipinski definition) is 2. The minimum atomic E-state index is -0.587. The molecule has 1 aliphatic rings. The van der Waals surface area contributed by atoms with Gasteiger partial charge in [0.2, 0.25) is 0 Å². The fourth-order valence-corrected chi connectivity index (χ4v) is 2.42. The van der Waals surface area contributed by atoms with Crippen LogP contribution < -0.4 is 10.1 Å². The first-order valence-corrected chi connectivity index (χ1v) is 6.57. The van der Waals surface area contributed by atoms with Gasteiger partial charge >= 0.3 is 0 Å². The smallest absolute Gasteiger partial charge is 0.149 e. The van der Waals surface area contributed by atoms with Gasteiger partial charge in [-0.1, -0.05) is 17.7 Å². The minimum Gasteiger partial charge on any atom is -0.488 e. The van der Waals surface area contributed by atoms with Gasteiger partial charge in [-0.25, -0.2) is 8.78 Å². The van der Waals surface area contributed by atoms with E-state index in [-0.39, 0.29) is 6.10 Å². The number of benzene rings is 2. The molecule has 2 aromatic carbocycles. The third-order valence-corrected chi connectivity index (χ3v) is 3.41. The minimum absolute atomic E-state index is 0.0312.